The summed E-state index contributed by atoms with van der Waals surface area (Å²) in [6.45, 7) is 0. The Morgan fingerprint density at radius 1 is 0.750 bits per heavy atom. The molecule has 0 nitrogen and oxygen atoms in total. The Morgan fingerprint density at radius 3 is 1.17 bits per heavy atom. The van der Waals surface area contributed by atoms with Crippen molar-refractivity contribution in [2.45, 2.75) is 10.8 Å². The van der Waals surface area contributed by atoms with Gasteiger partial charge in [-0.1, -0.05) is 46.4 Å². The first-order valence-electron chi connectivity index (χ1n) is 2.85. The zero-order valence-electron chi connectivity index (χ0n) is 5.42. The van der Waals surface area contributed by atoms with Crippen LogP contribution in [0.15, 0.2) is 20.1 Å². The van der Waals surface area contributed by atoms with E-state index in [0.717, 1.165) is 0 Å². The lowest BCUT2D eigenvalue weighted by molar-refractivity contribution is 0.843. The van der Waals surface area contributed by atoms with E-state index in [0.29, 0.717) is 11.1 Å². The minimum absolute atomic E-state index is 0.0562. The Hall–Kier alpha value is 1.22. The lowest BCUT2D eigenvalue weighted by atomic mass is 9.87. The molecular formula is C6H2Cl6. The molecule has 0 aromatic heterocycles. The Bertz CT molecular complexity index is 229. The maximum atomic E-state index is 5.79. The minimum atomic E-state index is -0.417. The molecule has 68 valence electrons. The average Bonchev–Trinajstić information content (AvgIpc) is 1.96. The van der Waals surface area contributed by atoms with Crippen molar-refractivity contribution in [1.29, 1.82) is 0 Å². The van der Waals surface area contributed by atoms with Crippen LogP contribution in [-0.4, -0.2) is 10.8 Å². The third-order valence-electron chi connectivity index (χ3n) is 1.51. The summed E-state index contributed by atoms with van der Waals surface area (Å²) in [6, 6.07) is 0. The smallest absolute Gasteiger partial charge is 0.112 e. The molecule has 0 unspecified atom stereocenters. The number of rotatable bonds is 0. The molecule has 6 heteroatoms. The third kappa shape index (κ3) is 1.84. The predicted molar refractivity (Wildman–Crippen MR) is 56.7 cm³/mol. The molecule has 0 saturated heterocycles. The normalized spacial score (nSPS) is 28.5. The van der Waals surface area contributed by atoms with Crippen LogP contribution in [0.1, 0.15) is 0 Å². The van der Waals surface area contributed by atoms with Crippen LogP contribution in [0.3, 0.4) is 0 Å². The number of hydrogen-bond donors (Lipinski definition) is 0. The van der Waals surface area contributed by atoms with Crippen LogP contribution in [0.2, 0.25) is 0 Å². The molecule has 1 fully saturated rings. The Labute approximate surface area is 100.0 Å². The summed E-state index contributed by atoms with van der Waals surface area (Å²) in [4.78, 5) is 0. The van der Waals surface area contributed by atoms with Crippen LogP contribution in [0, 0.1) is 0 Å². The first kappa shape index (κ1) is 11.3. The molecule has 1 rings (SSSR count). The fourth-order valence-corrected chi connectivity index (χ4v) is 2.71. The van der Waals surface area contributed by atoms with E-state index in [9.17, 15) is 0 Å². The van der Waals surface area contributed by atoms with Gasteiger partial charge in [0.1, 0.15) is 8.98 Å². The molecule has 0 bridgehead atoms. The van der Waals surface area contributed by atoms with Gasteiger partial charge in [0.15, 0.2) is 0 Å². The van der Waals surface area contributed by atoms with E-state index in [1.807, 2.05) is 0 Å². The molecule has 1 saturated carbocycles. The summed E-state index contributed by atoms with van der Waals surface area (Å²) in [7, 11) is 0. The minimum Gasteiger partial charge on any atom is -0.116 e. The van der Waals surface area contributed by atoms with Gasteiger partial charge in [-0.3, -0.25) is 0 Å². The number of alkyl halides is 2. The SMILES string of the molecule is ClC(Cl)=C1C(=C(Cl)Cl)[C@@H](Cl)[C@@H]1Cl. The van der Waals surface area contributed by atoms with Gasteiger partial charge in [-0.15, -0.1) is 23.2 Å². The van der Waals surface area contributed by atoms with E-state index >= 15 is 0 Å². The Morgan fingerprint density at radius 2 is 1.00 bits per heavy atom. The van der Waals surface area contributed by atoms with Crippen molar-refractivity contribution in [3.8, 4) is 0 Å². The highest BCUT2D eigenvalue weighted by Gasteiger charge is 2.42. The predicted octanol–water partition coefficient (Wildman–Crippen LogP) is 4.59. The van der Waals surface area contributed by atoms with Crippen molar-refractivity contribution >= 4 is 69.6 Å². The lowest BCUT2D eigenvalue weighted by Crippen LogP contribution is -2.35. The lowest BCUT2D eigenvalue weighted by Gasteiger charge is -2.34. The largest absolute Gasteiger partial charge is 0.116 e. The molecule has 1 aliphatic carbocycles. The van der Waals surface area contributed by atoms with E-state index in [-0.39, 0.29) is 8.98 Å². The topological polar surface area (TPSA) is 0 Å². The third-order valence-corrected chi connectivity index (χ3v) is 3.39. The van der Waals surface area contributed by atoms with E-state index in [4.69, 9.17) is 69.6 Å². The van der Waals surface area contributed by atoms with Crippen molar-refractivity contribution in [3.05, 3.63) is 20.1 Å². The highest BCUT2D eigenvalue weighted by Crippen LogP contribution is 2.48. The van der Waals surface area contributed by atoms with Crippen LogP contribution in [0.4, 0.5) is 0 Å². The highest BCUT2D eigenvalue weighted by atomic mass is 35.5. The van der Waals surface area contributed by atoms with Gasteiger partial charge in [-0.2, -0.15) is 0 Å². The van der Waals surface area contributed by atoms with Gasteiger partial charge in [-0.25, -0.2) is 0 Å². The monoisotopic (exact) mass is 284 g/mol. The van der Waals surface area contributed by atoms with E-state index in [1.165, 1.54) is 0 Å². The molecule has 2 atom stereocenters. The number of allylic oxidation sites excluding steroid dienone is 2. The highest BCUT2D eigenvalue weighted by molar-refractivity contribution is 6.60. The van der Waals surface area contributed by atoms with Crippen molar-refractivity contribution in [1.82, 2.24) is 0 Å². The molecule has 0 spiro atoms. The molecular weight excluding hydrogens is 285 g/mol. The summed E-state index contributed by atoms with van der Waals surface area (Å²) in [5.74, 6) is 0. The zero-order chi connectivity index (χ0) is 9.46. The van der Waals surface area contributed by atoms with Crippen LogP contribution in [0.25, 0.3) is 0 Å². The van der Waals surface area contributed by atoms with Crippen molar-refractivity contribution in [2.75, 3.05) is 0 Å². The molecule has 0 amide bonds. The molecule has 0 N–H and O–H groups in total. The van der Waals surface area contributed by atoms with Gasteiger partial charge in [0.2, 0.25) is 0 Å². The second kappa shape index (κ2) is 4.16. The molecule has 0 radical (unpaired) electrons. The standard InChI is InChI=1S/C6H2Cl6/c7-3-1(5(9)10)2(4(3)8)6(11)12/h3-4H/t3-,4-/m1/s1. The van der Waals surface area contributed by atoms with Crippen molar-refractivity contribution < 1.29 is 0 Å². The van der Waals surface area contributed by atoms with Crippen LogP contribution >= 0.6 is 69.6 Å². The summed E-state index contributed by atoms with van der Waals surface area (Å²) < 4.78 is 0.112. The van der Waals surface area contributed by atoms with E-state index in [1.54, 1.807) is 0 Å². The quantitative estimate of drug-likeness (QED) is 0.571. The van der Waals surface area contributed by atoms with Gasteiger partial charge in [0.05, 0.1) is 10.8 Å². The van der Waals surface area contributed by atoms with Gasteiger partial charge in [0, 0.05) is 11.1 Å². The second-order valence-corrected chi connectivity index (χ2v) is 4.99. The number of halogens is 6. The fourth-order valence-electron chi connectivity index (χ4n) is 0.906. The maximum Gasteiger partial charge on any atom is 0.112 e. The molecule has 1 aliphatic rings. The van der Waals surface area contributed by atoms with Gasteiger partial charge in [0.25, 0.3) is 0 Å². The van der Waals surface area contributed by atoms with Gasteiger partial charge in [-0.05, 0) is 0 Å². The van der Waals surface area contributed by atoms with E-state index < -0.39 is 10.8 Å². The van der Waals surface area contributed by atoms with Crippen LogP contribution < -0.4 is 0 Å². The fraction of sp³-hybridized carbons (Fsp3) is 0.333. The van der Waals surface area contributed by atoms with Crippen molar-refractivity contribution in [3.63, 3.8) is 0 Å². The Balaban J connectivity index is 3.08. The van der Waals surface area contributed by atoms with E-state index in [2.05, 4.69) is 0 Å². The second-order valence-electron chi connectivity index (χ2n) is 2.15. The molecule has 0 aromatic carbocycles. The first-order valence-corrected chi connectivity index (χ1v) is 5.24. The summed E-state index contributed by atoms with van der Waals surface area (Å²) in [6.07, 6.45) is 0. The summed E-state index contributed by atoms with van der Waals surface area (Å²) in [5, 5.41) is -0.835. The number of hydrogen-bond acceptors (Lipinski definition) is 0. The van der Waals surface area contributed by atoms with Gasteiger partial charge < -0.3 is 0 Å². The maximum absolute atomic E-state index is 5.79. The van der Waals surface area contributed by atoms with Gasteiger partial charge >= 0.3 is 0 Å². The molecule has 0 heterocycles. The average molecular weight is 287 g/mol. The molecule has 0 aromatic rings. The molecule has 12 heavy (non-hydrogen) atoms. The first-order chi connectivity index (χ1) is 5.46. The summed E-state index contributed by atoms with van der Waals surface area (Å²) >= 11 is 33.7. The molecule has 0 aliphatic heterocycles. The summed E-state index contributed by atoms with van der Waals surface area (Å²) in [5.41, 5.74) is 1.03. The van der Waals surface area contributed by atoms with Crippen LogP contribution in [-0.2, 0) is 0 Å². The van der Waals surface area contributed by atoms with Crippen molar-refractivity contribution in [2.24, 2.45) is 0 Å². The van der Waals surface area contributed by atoms with Crippen LogP contribution in [0.5, 0.6) is 0 Å². The Kier molecular flexibility index (Phi) is 3.92. The zero-order valence-corrected chi connectivity index (χ0v) is 9.96.